The van der Waals surface area contributed by atoms with Crippen LogP contribution in [0.2, 0.25) is 0 Å². The first-order chi connectivity index (χ1) is 23.4. The van der Waals surface area contributed by atoms with Gasteiger partial charge in [-0.25, -0.2) is 26.4 Å². The number of urea groups is 1. The molecule has 0 spiro atoms. The monoisotopic (exact) mass is 737 g/mol. The molecule has 1 saturated carbocycles. The van der Waals surface area contributed by atoms with Crippen molar-refractivity contribution < 1.29 is 57.5 Å². The minimum Gasteiger partial charge on any atom is -0.349 e. The van der Waals surface area contributed by atoms with Gasteiger partial charge in [-0.05, 0) is 61.2 Å². The van der Waals surface area contributed by atoms with Crippen molar-refractivity contribution in [2.24, 2.45) is 0 Å². The van der Waals surface area contributed by atoms with Gasteiger partial charge in [0.25, 0.3) is 5.60 Å². The van der Waals surface area contributed by atoms with Crippen LogP contribution in [0.15, 0.2) is 71.6 Å². The van der Waals surface area contributed by atoms with Crippen molar-refractivity contribution >= 4 is 15.9 Å². The van der Waals surface area contributed by atoms with Crippen molar-refractivity contribution in [2.75, 3.05) is 33.2 Å². The van der Waals surface area contributed by atoms with Crippen LogP contribution < -0.4 is 5.32 Å². The van der Waals surface area contributed by atoms with Crippen LogP contribution in [0.5, 0.6) is 0 Å². The van der Waals surface area contributed by atoms with Gasteiger partial charge in [0.2, 0.25) is 0 Å². The second-order valence-corrected chi connectivity index (χ2v) is 14.4. The third-order valence-electron chi connectivity index (χ3n) is 9.53. The quantitative estimate of drug-likeness (QED) is 0.203. The fraction of sp³-hybridized carbons (Fsp3) is 0.424. The van der Waals surface area contributed by atoms with Crippen molar-refractivity contribution in [1.29, 1.82) is 0 Å². The molecule has 3 aromatic carbocycles. The molecule has 2 fully saturated rings. The number of piperazine rings is 1. The topological polar surface area (TPSA) is 79.0 Å². The van der Waals surface area contributed by atoms with Gasteiger partial charge in [0.15, 0.2) is 9.84 Å². The number of hydrogen-bond donors (Lipinski definition) is 1. The standard InChI is InChI=1S/C33H32F9N3O4S/c1-43-29(46)45-17-15-44(16-18-45)24-13-14-30(19-24,50(47,48)25-11-9-23(34)10-12-25)21-5-7-22(8-6-21)31(32(37,38)39,33(40,41)42)49-20-26-27(35)3-2-4-28(26)36/h2-12,24H,13-20H2,1H3,(H,43,46). The third kappa shape index (κ3) is 6.54. The summed E-state index contributed by atoms with van der Waals surface area (Å²) in [5.74, 6) is -3.57. The normalized spacial score (nSPS) is 21.0. The van der Waals surface area contributed by atoms with E-state index in [-0.39, 0.29) is 35.8 Å². The number of alkyl halides is 6. The van der Waals surface area contributed by atoms with E-state index in [2.05, 4.69) is 10.1 Å². The Hall–Kier alpha value is -3.83. The van der Waals surface area contributed by atoms with E-state index in [1.165, 1.54) is 7.05 Å². The molecule has 2 aliphatic rings. The first kappa shape index (κ1) is 37.4. The Morgan fingerprint density at radius 1 is 0.860 bits per heavy atom. The summed E-state index contributed by atoms with van der Waals surface area (Å²) in [4.78, 5) is 15.3. The molecular weight excluding hydrogens is 705 g/mol. The number of rotatable bonds is 8. The molecule has 1 heterocycles. The SMILES string of the molecule is CNC(=O)N1CCN(C2CCC(c3ccc(C(OCc4c(F)cccc4F)(C(F)(F)F)C(F)(F)F)cc3)(S(=O)(=O)c3ccc(F)cc3)C2)CC1. The number of halogens is 9. The van der Waals surface area contributed by atoms with Crippen LogP contribution in [0.4, 0.5) is 44.3 Å². The molecule has 3 aromatic rings. The highest BCUT2D eigenvalue weighted by molar-refractivity contribution is 7.92. The molecule has 2 atom stereocenters. The Kier molecular flexibility index (Phi) is 10.3. The Morgan fingerprint density at radius 2 is 1.42 bits per heavy atom. The lowest BCUT2D eigenvalue weighted by molar-refractivity contribution is -0.392. The lowest BCUT2D eigenvalue weighted by Crippen LogP contribution is -2.56. The van der Waals surface area contributed by atoms with Crippen LogP contribution >= 0.6 is 0 Å². The summed E-state index contributed by atoms with van der Waals surface area (Å²) in [5.41, 5.74) is -7.82. The van der Waals surface area contributed by atoms with Crippen LogP contribution in [0.1, 0.15) is 36.0 Å². The molecule has 0 radical (unpaired) electrons. The van der Waals surface area contributed by atoms with E-state index >= 15 is 0 Å². The van der Waals surface area contributed by atoms with Crippen LogP contribution in [0.3, 0.4) is 0 Å². The van der Waals surface area contributed by atoms with E-state index in [9.17, 15) is 52.7 Å². The van der Waals surface area contributed by atoms with Gasteiger partial charge in [0.05, 0.1) is 11.5 Å². The maximum absolute atomic E-state index is 14.5. The molecule has 1 aliphatic carbocycles. The molecule has 0 bridgehead atoms. The molecule has 1 N–H and O–H groups in total. The van der Waals surface area contributed by atoms with Gasteiger partial charge in [0, 0.05) is 50.4 Å². The first-order valence-corrected chi connectivity index (χ1v) is 16.9. The predicted octanol–water partition coefficient (Wildman–Crippen LogP) is 6.82. The van der Waals surface area contributed by atoms with Crippen LogP contribution in [-0.2, 0) is 31.5 Å². The Labute approximate surface area is 281 Å². The average Bonchev–Trinajstić information content (AvgIpc) is 3.53. The number of nitrogens with zero attached hydrogens (tertiary/aromatic N) is 2. The van der Waals surface area contributed by atoms with Gasteiger partial charge < -0.3 is 15.0 Å². The molecule has 272 valence electrons. The van der Waals surface area contributed by atoms with E-state index in [0.29, 0.717) is 50.4 Å². The minimum absolute atomic E-state index is 0.0842. The lowest BCUT2D eigenvalue weighted by atomic mass is 9.88. The molecule has 1 saturated heterocycles. The van der Waals surface area contributed by atoms with Gasteiger partial charge >= 0.3 is 18.4 Å². The molecule has 0 aromatic heterocycles. The number of ether oxygens (including phenoxy) is 1. The van der Waals surface area contributed by atoms with Crippen LogP contribution in [-0.4, -0.2) is 75.9 Å². The Morgan fingerprint density at radius 3 is 1.94 bits per heavy atom. The molecular formula is C33H32F9N3O4S. The average molecular weight is 738 g/mol. The molecule has 1 aliphatic heterocycles. The highest BCUT2D eigenvalue weighted by Crippen LogP contribution is 2.55. The summed E-state index contributed by atoms with van der Waals surface area (Å²) >= 11 is 0. The van der Waals surface area contributed by atoms with Gasteiger partial charge in [-0.3, -0.25) is 4.90 Å². The van der Waals surface area contributed by atoms with Crippen LogP contribution in [0.25, 0.3) is 0 Å². The van der Waals surface area contributed by atoms with Crippen molar-refractivity contribution in [2.45, 2.75) is 59.5 Å². The number of benzene rings is 3. The number of nitrogens with one attached hydrogen (secondary N) is 1. The van der Waals surface area contributed by atoms with E-state index in [4.69, 9.17) is 0 Å². The number of amides is 2. The number of sulfone groups is 1. The molecule has 50 heavy (non-hydrogen) atoms. The summed E-state index contributed by atoms with van der Waals surface area (Å²) in [6, 6.07) is 7.99. The van der Waals surface area contributed by atoms with Crippen molar-refractivity contribution in [3.05, 3.63) is 101 Å². The van der Waals surface area contributed by atoms with E-state index in [1.54, 1.807) is 4.90 Å². The van der Waals surface area contributed by atoms with Gasteiger partial charge in [-0.2, -0.15) is 26.3 Å². The predicted molar refractivity (Wildman–Crippen MR) is 162 cm³/mol. The highest BCUT2D eigenvalue weighted by atomic mass is 32.2. The number of carbonyl (C=O) groups excluding carboxylic acids is 1. The Bertz CT molecular complexity index is 1760. The maximum Gasteiger partial charge on any atom is 0.430 e. The molecule has 17 heteroatoms. The zero-order valence-electron chi connectivity index (χ0n) is 26.4. The van der Waals surface area contributed by atoms with Crippen molar-refractivity contribution in [1.82, 2.24) is 15.1 Å². The molecule has 7 nitrogen and oxygen atoms in total. The smallest absolute Gasteiger partial charge is 0.349 e. The summed E-state index contributed by atoms with van der Waals surface area (Å²) in [6.45, 7) is -0.323. The van der Waals surface area contributed by atoms with Crippen molar-refractivity contribution in [3.8, 4) is 0 Å². The number of hydrogen-bond acceptors (Lipinski definition) is 5. The number of carbonyl (C=O) groups is 1. The van der Waals surface area contributed by atoms with E-state index in [0.717, 1.165) is 42.5 Å². The van der Waals surface area contributed by atoms with Crippen LogP contribution in [0, 0.1) is 17.5 Å². The summed E-state index contributed by atoms with van der Waals surface area (Å²) in [5, 5.41) is 2.53. The fourth-order valence-electron chi connectivity index (χ4n) is 6.84. The van der Waals surface area contributed by atoms with Crippen molar-refractivity contribution in [3.63, 3.8) is 0 Å². The largest absolute Gasteiger partial charge is 0.430 e. The highest BCUT2D eigenvalue weighted by Gasteiger charge is 2.73. The summed E-state index contributed by atoms with van der Waals surface area (Å²) < 4.78 is 161. The minimum atomic E-state index is -6.19. The zero-order chi connectivity index (χ0) is 36.7. The fourth-order valence-corrected chi connectivity index (χ4v) is 9.03. The lowest BCUT2D eigenvalue weighted by Gasteiger charge is -2.39. The van der Waals surface area contributed by atoms with E-state index < -0.39 is 73.8 Å². The molecule has 5 rings (SSSR count). The van der Waals surface area contributed by atoms with Gasteiger partial charge in [0.1, 0.15) is 22.2 Å². The molecule has 2 amide bonds. The van der Waals surface area contributed by atoms with Gasteiger partial charge in [-0.1, -0.05) is 30.3 Å². The zero-order valence-corrected chi connectivity index (χ0v) is 27.2. The first-order valence-electron chi connectivity index (χ1n) is 15.4. The van der Waals surface area contributed by atoms with E-state index in [1.807, 2.05) is 4.90 Å². The summed E-state index contributed by atoms with van der Waals surface area (Å²) in [7, 11) is -2.98. The Balaban J connectivity index is 1.56. The maximum atomic E-state index is 14.5. The third-order valence-corrected chi connectivity index (χ3v) is 12.1. The second-order valence-electron chi connectivity index (χ2n) is 12.2. The van der Waals surface area contributed by atoms with Gasteiger partial charge in [-0.15, -0.1) is 0 Å². The summed E-state index contributed by atoms with van der Waals surface area (Å²) in [6.07, 6.45) is -12.3. The second kappa shape index (κ2) is 13.7. The molecule has 2 unspecified atom stereocenters.